The highest BCUT2D eigenvalue weighted by molar-refractivity contribution is 7.13. The van der Waals surface area contributed by atoms with E-state index in [2.05, 4.69) is 13.0 Å². The Kier molecular flexibility index (Phi) is 5.02. The molecule has 0 bridgehead atoms. The van der Waals surface area contributed by atoms with Crippen molar-refractivity contribution >= 4 is 21.6 Å². The molecule has 0 saturated heterocycles. The monoisotopic (exact) mass is 317 g/mol. The van der Waals surface area contributed by atoms with Crippen molar-refractivity contribution in [2.24, 2.45) is 5.41 Å². The van der Waals surface area contributed by atoms with Crippen LogP contribution in [0.25, 0.3) is 10.1 Å². The van der Waals surface area contributed by atoms with Gasteiger partial charge in [-0.2, -0.15) is 0 Å². The standard InChI is InChI=1S/C19H27NOS/c1-19(13-9-5-3-2-4-6-10-14-19)15-20-18(21)16-11-7-8-12-17(16)22-20/h7-8,11-12H,2-6,9-10,13-15H2,1H3. The third kappa shape index (κ3) is 3.62. The van der Waals surface area contributed by atoms with Crippen molar-refractivity contribution < 1.29 is 0 Å². The highest BCUT2D eigenvalue weighted by Gasteiger charge is 2.26. The lowest BCUT2D eigenvalue weighted by atomic mass is 9.79. The summed E-state index contributed by atoms with van der Waals surface area (Å²) in [6.45, 7) is 3.29. The lowest BCUT2D eigenvalue weighted by Crippen LogP contribution is -2.27. The molecule has 1 aliphatic rings. The molecule has 22 heavy (non-hydrogen) atoms. The highest BCUT2D eigenvalue weighted by atomic mass is 32.1. The molecule has 0 atom stereocenters. The molecule has 1 heterocycles. The minimum absolute atomic E-state index is 0.207. The molecule has 0 N–H and O–H groups in total. The minimum atomic E-state index is 0.207. The molecule has 0 radical (unpaired) electrons. The van der Waals surface area contributed by atoms with Gasteiger partial charge in [0.1, 0.15) is 0 Å². The van der Waals surface area contributed by atoms with Gasteiger partial charge >= 0.3 is 0 Å². The SMILES string of the molecule is CC1(Cn2sc3ccccc3c2=O)CCCCCCCCC1. The largest absolute Gasteiger partial charge is 0.268 e. The Labute approximate surface area is 137 Å². The second-order valence-corrected chi connectivity index (χ2v) is 8.28. The van der Waals surface area contributed by atoms with Crippen LogP contribution in [0.3, 0.4) is 0 Å². The van der Waals surface area contributed by atoms with Gasteiger partial charge in [-0.15, -0.1) is 0 Å². The van der Waals surface area contributed by atoms with Crippen LogP contribution in [0.15, 0.2) is 29.1 Å². The summed E-state index contributed by atoms with van der Waals surface area (Å²) in [5.41, 5.74) is 0.487. The van der Waals surface area contributed by atoms with Crippen LogP contribution in [0, 0.1) is 5.41 Å². The Morgan fingerprint density at radius 1 is 1.00 bits per heavy atom. The maximum Gasteiger partial charge on any atom is 0.268 e. The highest BCUT2D eigenvalue weighted by Crippen LogP contribution is 2.35. The second-order valence-electron chi connectivity index (χ2n) is 7.21. The summed E-state index contributed by atoms with van der Waals surface area (Å²) < 4.78 is 3.13. The predicted octanol–water partition coefficient (Wildman–Crippen LogP) is 5.59. The van der Waals surface area contributed by atoms with Gasteiger partial charge in [-0.1, -0.05) is 75.5 Å². The summed E-state index contributed by atoms with van der Waals surface area (Å²) in [4.78, 5) is 12.6. The Morgan fingerprint density at radius 3 is 2.23 bits per heavy atom. The summed E-state index contributed by atoms with van der Waals surface area (Å²) in [6.07, 6.45) is 12.0. The van der Waals surface area contributed by atoms with Gasteiger partial charge in [0.05, 0.1) is 10.1 Å². The van der Waals surface area contributed by atoms with E-state index in [9.17, 15) is 4.79 Å². The molecule has 3 rings (SSSR count). The summed E-state index contributed by atoms with van der Waals surface area (Å²) in [7, 11) is 0. The first-order chi connectivity index (χ1) is 10.7. The van der Waals surface area contributed by atoms with Crippen molar-refractivity contribution in [3.8, 4) is 0 Å². The van der Waals surface area contributed by atoms with Crippen LogP contribution in [0.5, 0.6) is 0 Å². The van der Waals surface area contributed by atoms with Crippen molar-refractivity contribution in [2.75, 3.05) is 0 Å². The molecular formula is C19H27NOS. The van der Waals surface area contributed by atoms with E-state index in [1.807, 2.05) is 22.2 Å². The average Bonchev–Trinajstić information content (AvgIpc) is 2.82. The number of aromatic nitrogens is 1. The molecule has 0 amide bonds. The Morgan fingerprint density at radius 2 is 1.59 bits per heavy atom. The summed E-state index contributed by atoms with van der Waals surface area (Å²) in [5, 5.41) is 0.885. The number of nitrogens with zero attached hydrogens (tertiary/aromatic N) is 1. The number of hydrogen-bond acceptors (Lipinski definition) is 2. The number of rotatable bonds is 2. The van der Waals surface area contributed by atoms with Crippen LogP contribution in [0.1, 0.15) is 64.7 Å². The van der Waals surface area contributed by atoms with Gasteiger partial charge in [-0.3, -0.25) is 8.75 Å². The normalized spacial score (nSPS) is 20.0. The summed E-state index contributed by atoms with van der Waals surface area (Å²) in [5.74, 6) is 0. The van der Waals surface area contributed by atoms with E-state index in [-0.39, 0.29) is 11.0 Å². The van der Waals surface area contributed by atoms with Crippen LogP contribution in [0.2, 0.25) is 0 Å². The first kappa shape index (κ1) is 15.8. The molecule has 2 nitrogen and oxygen atoms in total. The average molecular weight is 317 g/mol. The van der Waals surface area contributed by atoms with E-state index in [0.29, 0.717) is 0 Å². The minimum Gasteiger partial charge on any atom is -0.268 e. The van der Waals surface area contributed by atoms with Crippen molar-refractivity contribution in [1.29, 1.82) is 0 Å². The molecule has 1 aliphatic carbocycles. The van der Waals surface area contributed by atoms with E-state index in [1.165, 1.54) is 57.8 Å². The van der Waals surface area contributed by atoms with Crippen LogP contribution in [-0.2, 0) is 6.54 Å². The van der Waals surface area contributed by atoms with E-state index < -0.39 is 0 Å². The van der Waals surface area contributed by atoms with E-state index in [4.69, 9.17) is 0 Å². The van der Waals surface area contributed by atoms with E-state index in [1.54, 1.807) is 11.5 Å². The lowest BCUT2D eigenvalue weighted by molar-refractivity contribution is 0.213. The Bertz CT molecular complexity index is 659. The van der Waals surface area contributed by atoms with Crippen LogP contribution < -0.4 is 5.56 Å². The van der Waals surface area contributed by atoms with Crippen molar-refractivity contribution in [3.63, 3.8) is 0 Å². The second kappa shape index (κ2) is 6.99. The zero-order valence-electron chi connectivity index (χ0n) is 13.6. The smallest absolute Gasteiger partial charge is 0.268 e. The van der Waals surface area contributed by atoms with Gasteiger partial charge in [0.15, 0.2) is 0 Å². The maximum absolute atomic E-state index is 12.6. The molecule has 3 heteroatoms. The van der Waals surface area contributed by atoms with Crippen molar-refractivity contribution in [1.82, 2.24) is 3.96 Å². The Hall–Kier alpha value is -1.09. The third-order valence-corrected chi connectivity index (χ3v) is 6.21. The molecule has 1 fully saturated rings. The molecule has 0 aliphatic heterocycles. The molecule has 120 valence electrons. The van der Waals surface area contributed by atoms with Crippen LogP contribution >= 0.6 is 11.5 Å². The summed E-state index contributed by atoms with van der Waals surface area (Å²) in [6, 6.07) is 8.01. The molecule has 0 spiro atoms. The topological polar surface area (TPSA) is 22.0 Å². The van der Waals surface area contributed by atoms with Gasteiger partial charge in [0.25, 0.3) is 5.56 Å². The number of fused-ring (bicyclic) bond motifs is 1. The maximum atomic E-state index is 12.6. The fraction of sp³-hybridized carbons (Fsp3) is 0.632. The summed E-state index contributed by atoms with van der Waals surface area (Å²) >= 11 is 1.64. The lowest BCUT2D eigenvalue weighted by Gasteiger charge is -2.30. The molecule has 0 unspecified atom stereocenters. The predicted molar refractivity (Wildman–Crippen MR) is 95.7 cm³/mol. The zero-order valence-corrected chi connectivity index (χ0v) is 14.5. The fourth-order valence-corrected chi connectivity index (χ4v) is 4.93. The molecule has 1 aromatic heterocycles. The van der Waals surface area contributed by atoms with Crippen molar-refractivity contribution in [2.45, 2.75) is 71.3 Å². The van der Waals surface area contributed by atoms with Crippen LogP contribution in [0.4, 0.5) is 0 Å². The van der Waals surface area contributed by atoms with E-state index >= 15 is 0 Å². The quantitative estimate of drug-likeness (QED) is 0.707. The zero-order chi connectivity index (χ0) is 15.4. The van der Waals surface area contributed by atoms with Crippen molar-refractivity contribution in [3.05, 3.63) is 34.6 Å². The molecular weight excluding hydrogens is 290 g/mol. The number of hydrogen-bond donors (Lipinski definition) is 0. The fourth-order valence-electron chi connectivity index (χ4n) is 3.74. The van der Waals surface area contributed by atoms with Gasteiger partial charge in [-0.05, 0) is 30.4 Å². The van der Waals surface area contributed by atoms with E-state index in [0.717, 1.165) is 16.6 Å². The Balaban J connectivity index is 1.80. The van der Waals surface area contributed by atoms with Crippen LogP contribution in [-0.4, -0.2) is 3.96 Å². The third-order valence-electron chi connectivity index (χ3n) is 5.14. The van der Waals surface area contributed by atoms with Gasteiger partial charge < -0.3 is 0 Å². The van der Waals surface area contributed by atoms with Gasteiger partial charge in [0.2, 0.25) is 0 Å². The molecule has 1 aromatic carbocycles. The first-order valence-corrected chi connectivity index (χ1v) is 9.54. The molecule has 1 saturated carbocycles. The van der Waals surface area contributed by atoms with Gasteiger partial charge in [0, 0.05) is 6.54 Å². The van der Waals surface area contributed by atoms with Gasteiger partial charge in [-0.25, -0.2) is 0 Å². The molecule has 2 aromatic rings. The first-order valence-electron chi connectivity index (χ1n) is 8.77. The number of benzene rings is 1.